The predicted octanol–water partition coefficient (Wildman–Crippen LogP) is 0.953. The highest BCUT2D eigenvalue weighted by Crippen LogP contribution is 2.11. The van der Waals surface area contributed by atoms with E-state index in [-0.39, 0.29) is 5.60 Å². The van der Waals surface area contributed by atoms with Gasteiger partial charge >= 0.3 is 0 Å². The van der Waals surface area contributed by atoms with Crippen LogP contribution in [-0.2, 0) is 4.74 Å². The smallest absolute Gasteiger partial charge is 0.0771 e. The predicted molar refractivity (Wildman–Crippen MR) is 57.1 cm³/mol. The summed E-state index contributed by atoms with van der Waals surface area (Å²) in [5, 5.41) is 3.39. The molecule has 0 rings (SSSR count). The van der Waals surface area contributed by atoms with Gasteiger partial charge in [0.05, 0.1) is 5.60 Å². The number of rotatable bonds is 7. The van der Waals surface area contributed by atoms with Gasteiger partial charge in [0.1, 0.15) is 0 Å². The van der Waals surface area contributed by atoms with E-state index < -0.39 is 0 Å². The van der Waals surface area contributed by atoms with Crippen molar-refractivity contribution >= 4 is 0 Å². The van der Waals surface area contributed by atoms with Gasteiger partial charge in [0.15, 0.2) is 0 Å². The molecule has 0 amide bonds. The van der Waals surface area contributed by atoms with Gasteiger partial charge in [-0.3, -0.25) is 0 Å². The van der Waals surface area contributed by atoms with Crippen molar-refractivity contribution in [3.63, 3.8) is 0 Å². The van der Waals surface area contributed by atoms with E-state index in [1.54, 1.807) is 7.11 Å². The number of nitrogens with zero attached hydrogens (tertiary/aromatic N) is 1. The molecule has 80 valence electrons. The molecule has 0 aromatic carbocycles. The summed E-state index contributed by atoms with van der Waals surface area (Å²) in [5.41, 5.74) is -0.00763. The van der Waals surface area contributed by atoms with E-state index in [1.165, 1.54) is 0 Å². The lowest BCUT2D eigenvalue weighted by atomic mass is 10.0. The zero-order valence-electron chi connectivity index (χ0n) is 9.68. The van der Waals surface area contributed by atoms with Gasteiger partial charge in [-0.2, -0.15) is 0 Å². The first-order chi connectivity index (χ1) is 6.04. The van der Waals surface area contributed by atoms with E-state index in [4.69, 9.17) is 4.74 Å². The fourth-order valence-electron chi connectivity index (χ4n) is 0.997. The Labute approximate surface area is 82.4 Å². The van der Waals surface area contributed by atoms with Crippen molar-refractivity contribution in [1.29, 1.82) is 0 Å². The molecule has 3 heteroatoms. The van der Waals surface area contributed by atoms with Gasteiger partial charge < -0.3 is 15.0 Å². The van der Waals surface area contributed by atoms with Crippen molar-refractivity contribution < 1.29 is 4.74 Å². The van der Waals surface area contributed by atoms with Crippen LogP contribution in [0.25, 0.3) is 0 Å². The van der Waals surface area contributed by atoms with Gasteiger partial charge in [-0.05, 0) is 27.4 Å². The molecule has 0 aliphatic rings. The Morgan fingerprint density at radius 3 is 2.38 bits per heavy atom. The summed E-state index contributed by atoms with van der Waals surface area (Å²) in [4.78, 5) is 2.17. The maximum absolute atomic E-state index is 5.42. The number of likely N-dealkylation sites (N-methyl/N-ethyl adjacent to an activating group) is 1. The van der Waals surface area contributed by atoms with E-state index in [0.29, 0.717) is 0 Å². The van der Waals surface area contributed by atoms with Gasteiger partial charge in [0.2, 0.25) is 0 Å². The first-order valence-electron chi connectivity index (χ1n) is 4.94. The van der Waals surface area contributed by atoms with Crippen molar-refractivity contribution in [2.75, 3.05) is 40.8 Å². The largest absolute Gasteiger partial charge is 0.377 e. The molecule has 0 saturated carbocycles. The summed E-state index contributed by atoms with van der Waals surface area (Å²) >= 11 is 0. The van der Waals surface area contributed by atoms with Crippen molar-refractivity contribution in [2.45, 2.75) is 25.9 Å². The monoisotopic (exact) mass is 188 g/mol. The molecule has 3 nitrogen and oxygen atoms in total. The molecule has 0 fully saturated rings. The molecule has 0 bridgehead atoms. The van der Waals surface area contributed by atoms with E-state index >= 15 is 0 Å². The fourth-order valence-corrected chi connectivity index (χ4v) is 0.997. The minimum atomic E-state index is -0.00763. The van der Waals surface area contributed by atoms with Crippen molar-refractivity contribution in [3.8, 4) is 0 Å². The first kappa shape index (κ1) is 12.9. The lowest BCUT2D eigenvalue weighted by Crippen LogP contribution is -2.41. The summed E-state index contributed by atoms with van der Waals surface area (Å²) < 4.78 is 5.42. The summed E-state index contributed by atoms with van der Waals surface area (Å²) in [5.74, 6) is 0. The standard InChI is InChI=1S/C10H24N2O/c1-6-10(2,13-5)9-11-7-8-12(3)4/h11H,6-9H2,1-5H3. The average Bonchev–Trinajstić information content (AvgIpc) is 2.12. The molecule has 0 spiro atoms. The highest BCUT2D eigenvalue weighted by Gasteiger charge is 2.19. The highest BCUT2D eigenvalue weighted by molar-refractivity contribution is 4.75. The van der Waals surface area contributed by atoms with Crippen LogP contribution in [0.5, 0.6) is 0 Å². The summed E-state index contributed by atoms with van der Waals surface area (Å²) in [6, 6.07) is 0. The zero-order chi connectivity index (χ0) is 10.3. The third-order valence-corrected chi connectivity index (χ3v) is 2.48. The SMILES string of the molecule is CCC(C)(CNCCN(C)C)OC. The highest BCUT2D eigenvalue weighted by atomic mass is 16.5. The maximum Gasteiger partial charge on any atom is 0.0771 e. The quantitative estimate of drug-likeness (QED) is 0.602. The second-order valence-corrected chi connectivity index (χ2v) is 3.99. The van der Waals surface area contributed by atoms with Gasteiger partial charge in [0, 0.05) is 26.7 Å². The Hall–Kier alpha value is -0.120. The van der Waals surface area contributed by atoms with Crippen LogP contribution >= 0.6 is 0 Å². The average molecular weight is 188 g/mol. The number of ether oxygens (including phenoxy) is 1. The normalized spacial score (nSPS) is 16.2. The molecular formula is C10H24N2O. The van der Waals surface area contributed by atoms with Crippen LogP contribution in [0.3, 0.4) is 0 Å². The lowest BCUT2D eigenvalue weighted by Gasteiger charge is -2.27. The van der Waals surface area contributed by atoms with Crippen LogP contribution in [0.15, 0.2) is 0 Å². The fraction of sp³-hybridized carbons (Fsp3) is 1.00. The Balaban J connectivity index is 3.50. The van der Waals surface area contributed by atoms with Gasteiger partial charge in [-0.25, -0.2) is 0 Å². The maximum atomic E-state index is 5.42. The van der Waals surface area contributed by atoms with Crippen LogP contribution in [0, 0.1) is 0 Å². The second kappa shape index (κ2) is 6.35. The van der Waals surface area contributed by atoms with E-state index in [9.17, 15) is 0 Å². The van der Waals surface area contributed by atoms with Crippen LogP contribution in [-0.4, -0.2) is 51.3 Å². The van der Waals surface area contributed by atoms with Crippen LogP contribution in [0.2, 0.25) is 0 Å². The number of nitrogens with one attached hydrogen (secondary N) is 1. The topological polar surface area (TPSA) is 24.5 Å². The van der Waals surface area contributed by atoms with Gasteiger partial charge in [0.25, 0.3) is 0 Å². The molecule has 0 aliphatic heterocycles. The molecule has 1 atom stereocenters. The Morgan fingerprint density at radius 1 is 1.38 bits per heavy atom. The lowest BCUT2D eigenvalue weighted by molar-refractivity contribution is 0.00366. The van der Waals surface area contributed by atoms with Crippen molar-refractivity contribution in [2.24, 2.45) is 0 Å². The summed E-state index contributed by atoms with van der Waals surface area (Å²) in [6.07, 6.45) is 1.04. The van der Waals surface area contributed by atoms with Crippen LogP contribution < -0.4 is 5.32 Å². The molecule has 0 heterocycles. The Morgan fingerprint density at radius 2 is 2.00 bits per heavy atom. The Bertz CT molecular complexity index is 122. The Kier molecular flexibility index (Phi) is 6.29. The van der Waals surface area contributed by atoms with Crippen molar-refractivity contribution in [1.82, 2.24) is 10.2 Å². The summed E-state index contributed by atoms with van der Waals surface area (Å²) in [7, 11) is 5.94. The molecule has 0 aliphatic carbocycles. The van der Waals surface area contributed by atoms with Crippen LogP contribution in [0.4, 0.5) is 0 Å². The van der Waals surface area contributed by atoms with Gasteiger partial charge in [-0.15, -0.1) is 0 Å². The van der Waals surface area contributed by atoms with Crippen LogP contribution in [0.1, 0.15) is 20.3 Å². The minimum Gasteiger partial charge on any atom is -0.377 e. The molecule has 0 aromatic rings. The molecule has 0 aromatic heterocycles. The van der Waals surface area contributed by atoms with E-state index in [1.807, 2.05) is 0 Å². The number of methoxy groups -OCH3 is 1. The van der Waals surface area contributed by atoms with Gasteiger partial charge in [-0.1, -0.05) is 6.92 Å². The summed E-state index contributed by atoms with van der Waals surface area (Å²) in [6.45, 7) is 7.30. The molecule has 1 N–H and O–H groups in total. The van der Waals surface area contributed by atoms with E-state index in [2.05, 4.69) is 38.2 Å². The zero-order valence-corrected chi connectivity index (χ0v) is 9.68. The molecular weight excluding hydrogens is 164 g/mol. The number of hydrogen-bond donors (Lipinski definition) is 1. The first-order valence-corrected chi connectivity index (χ1v) is 4.94. The minimum absolute atomic E-state index is 0.00763. The third-order valence-electron chi connectivity index (χ3n) is 2.48. The molecule has 1 unspecified atom stereocenters. The number of hydrogen-bond acceptors (Lipinski definition) is 3. The van der Waals surface area contributed by atoms with Crippen molar-refractivity contribution in [3.05, 3.63) is 0 Å². The molecule has 0 saturated heterocycles. The second-order valence-electron chi connectivity index (χ2n) is 3.99. The third kappa shape index (κ3) is 6.02. The molecule has 13 heavy (non-hydrogen) atoms. The van der Waals surface area contributed by atoms with E-state index in [0.717, 1.165) is 26.1 Å². The molecule has 0 radical (unpaired) electrons.